The van der Waals surface area contributed by atoms with Crippen molar-refractivity contribution in [3.05, 3.63) is 82.8 Å². The van der Waals surface area contributed by atoms with E-state index in [4.69, 9.17) is 4.42 Å². The first-order chi connectivity index (χ1) is 12.7. The molecular formula is C21H15BrN2O2. The lowest BCUT2D eigenvalue weighted by molar-refractivity contribution is -0.115. The van der Waals surface area contributed by atoms with Crippen molar-refractivity contribution < 1.29 is 9.21 Å². The normalized spacial score (nSPS) is 10.8. The summed E-state index contributed by atoms with van der Waals surface area (Å²) in [5.41, 5.74) is 3.94. The van der Waals surface area contributed by atoms with Crippen LogP contribution in [0.1, 0.15) is 5.56 Å². The Morgan fingerprint density at radius 1 is 1.00 bits per heavy atom. The zero-order valence-electron chi connectivity index (χ0n) is 13.8. The maximum Gasteiger partial charge on any atom is 0.228 e. The molecule has 0 radical (unpaired) electrons. The number of halogens is 1. The quantitative estimate of drug-likeness (QED) is 0.490. The number of amides is 1. The molecule has 26 heavy (non-hydrogen) atoms. The summed E-state index contributed by atoms with van der Waals surface area (Å²) in [6, 6.07) is 22.9. The van der Waals surface area contributed by atoms with Crippen LogP contribution in [0.25, 0.3) is 22.6 Å². The topological polar surface area (TPSA) is 55.1 Å². The van der Waals surface area contributed by atoms with Gasteiger partial charge in [0.15, 0.2) is 5.58 Å². The first-order valence-electron chi connectivity index (χ1n) is 8.18. The molecule has 128 valence electrons. The van der Waals surface area contributed by atoms with Crippen molar-refractivity contribution in [1.29, 1.82) is 0 Å². The molecule has 4 nitrogen and oxygen atoms in total. The fraction of sp³-hybridized carbons (Fsp3) is 0.0476. The van der Waals surface area contributed by atoms with E-state index in [0.717, 1.165) is 15.6 Å². The van der Waals surface area contributed by atoms with Crippen LogP contribution in [0.3, 0.4) is 0 Å². The number of oxazole rings is 1. The first-order valence-corrected chi connectivity index (χ1v) is 8.97. The Kier molecular flexibility index (Phi) is 4.54. The zero-order valence-corrected chi connectivity index (χ0v) is 15.4. The van der Waals surface area contributed by atoms with Crippen LogP contribution in [-0.4, -0.2) is 10.9 Å². The summed E-state index contributed by atoms with van der Waals surface area (Å²) < 4.78 is 6.76. The molecule has 0 saturated carbocycles. The van der Waals surface area contributed by atoms with E-state index >= 15 is 0 Å². The Balaban J connectivity index is 1.56. The van der Waals surface area contributed by atoms with E-state index in [2.05, 4.69) is 26.2 Å². The van der Waals surface area contributed by atoms with Gasteiger partial charge in [0.05, 0.1) is 12.0 Å². The Morgan fingerprint density at radius 2 is 1.77 bits per heavy atom. The highest BCUT2D eigenvalue weighted by Crippen LogP contribution is 2.30. The highest BCUT2D eigenvalue weighted by molar-refractivity contribution is 9.10. The number of benzene rings is 3. The van der Waals surface area contributed by atoms with Gasteiger partial charge < -0.3 is 9.73 Å². The van der Waals surface area contributed by atoms with Gasteiger partial charge in [-0.3, -0.25) is 4.79 Å². The van der Waals surface area contributed by atoms with Gasteiger partial charge in [0, 0.05) is 10.2 Å². The van der Waals surface area contributed by atoms with E-state index in [1.165, 1.54) is 0 Å². The first kappa shape index (κ1) is 16.5. The number of carbonyl (C=O) groups is 1. The molecule has 0 aliphatic heterocycles. The largest absolute Gasteiger partial charge is 0.436 e. The monoisotopic (exact) mass is 406 g/mol. The maximum absolute atomic E-state index is 12.2. The highest BCUT2D eigenvalue weighted by Gasteiger charge is 2.12. The maximum atomic E-state index is 12.2. The lowest BCUT2D eigenvalue weighted by atomic mass is 10.1. The molecule has 0 atom stereocenters. The van der Waals surface area contributed by atoms with E-state index in [1.54, 1.807) is 0 Å². The molecule has 0 bridgehead atoms. The second-order valence-corrected chi connectivity index (χ2v) is 6.75. The minimum absolute atomic E-state index is 0.0647. The van der Waals surface area contributed by atoms with Crippen LogP contribution < -0.4 is 5.32 Å². The summed E-state index contributed by atoms with van der Waals surface area (Å²) in [5.74, 6) is 0.477. The van der Waals surface area contributed by atoms with E-state index in [0.29, 0.717) is 29.1 Å². The Hall–Kier alpha value is -2.92. The number of hydrogen-bond donors (Lipinski definition) is 1. The number of fused-ring (bicyclic) bond motifs is 1. The van der Waals surface area contributed by atoms with Crippen LogP contribution in [0.5, 0.6) is 0 Å². The molecule has 1 aromatic heterocycles. The van der Waals surface area contributed by atoms with Crippen LogP contribution in [0.4, 0.5) is 5.69 Å². The predicted molar refractivity (Wildman–Crippen MR) is 106 cm³/mol. The lowest BCUT2D eigenvalue weighted by Gasteiger charge is -2.04. The molecule has 3 aromatic carbocycles. The van der Waals surface area contributed by atoms with E-state index in [-0.39, 0.29) is 5.91 Å². The summed E-state index contributed by atoms with van der Waals surface area (Å²) in [4.78, 5) is 16.8. The van der Waals surface area contributed by atoms with Gasteiger partial charge in [-0.1, -0.05) is 42.5 Å². The standard InChI is InChI=1S/C21H15BrN2O2/c22-17-9-5-4-8-16(17)21-24-18-13-15(10-11-19(18)26-21)23-20(25)12-14-6-2-1-3-7-14/h1-11,13H,12H2,(H,23,25). The van der Waals surface area contributed by atoms with E-state index in [1.807, 2.05) is 72.8 Å². The number of carbonyl (C=O) groups excluding carboxylic acids is 1. The highest BCUT2D eigenvalue weighted by atomic mass is 79.9. The van der Waals surface area contributed by atoms with Crippen LogP contribution in [0.2, 0.25) is 0 Å². The van der Waals surface area contributed by atoms with Crippen molar-refractivity contribution in [3.63, 3.8) is 0 Å². The van der Waals surface area contributed by atoms with Crippen molar-refractivity contribution in [2.24, 2.45) is 0 Å². The molecule has 4 aromatic rings. The fourth-order valence-electron chi connectivity index (χ4n) is 2.74. The van der Waals surface area contributed by atoms with Crippen molar-refractivity contribution in [2.75, 3.05) is 5.32 Å². The average Bonchev–Trinajstić information content (AvgIpc) is 3.06. The fourth-order valence-corrected chi connectivity index (χ4v) is 3.20. The molecule has 0 fully saturated rings. The molecule has 4 rings (SSSR count). The van der Waals surface area contributed by atoms with E-state index < -0.39 is 0 Å². The van der Waals surface area contributed by atoms with Gasteiger partial charge in [0.1, 0.15) is 5.52 Å². The molecule has 0 unspecified atom stereocenters. The molecule has 1 N–H and O–H groups in total. The summed E-state index contributed by atoms with van der Waals surface area (Å²) >= 11 is 3.51. The van der Waals surface area contributed by atoms with Gasteiger partial charge >= 0.3 is 0 Å². The molecular weight excluding hydrogens is 392 g/mol. The zero-order chi connectivity index (χ0) is 17.9. The molecule has 0 aliphatic rings. The summed E-state index contributed by atoms with van der Waals surface area (Å²) in [7, 11) is 0. The van der Waals surface area contributed by atoms with Gasteiger partial charge in [0.25, 0.3) is 0 Å². The third-order valence-corrected chi connectivity index (χ3v) is 4.67. The second kappa shape index (κ2) is 7.14. The predicted octanol–water partition coefficient (Wildman–Crippen LogP) is 5.44. The summed E-state index contributed by atoms with van der Waals surface area (Å²) in [6.07, 6.45) is 0.333. The molecule has 1 heterocycles. The Bertz CT molecular complexity index is 1070. The van der Waals surface area contributed by atoms with Crippen LogP contribution in [-0.2, 0) is 11.2 Å². The van der Waals surface area contributed by atoms with Crippen molar-refractivity contribution in [1.82, 2.24) is 4.98 Å². The third kappa shape index (κ3) is 3.53. The number of hydrogen-bond acceptors (Lipinski definition) is 3. The molecule has 0 spiro atoms. The minimum Gasteiger partial charge on any atom is -0.436 e. The Labute approximate surface area is 159 Å². The number of nitrogens with one attached hydrogen (secondary N) is 1. The van der Waals surface area contributed by atoms with Gasteiger partial charge in [0.2, 0.25) is 11.8 Å². The van der Waals surface area contributed by atoms with E-state index in [9.17, 15) is 4.79 Å². The molecule has 1 amide bonds. The smallest absolute Gasteiger partial charge is 0.228 e. The van der Waals surface area contributed by atoms with Gasteiger partial charge in [-0.2, -0.15) is 0 Å². The van der Waals surface area contributed by atoms with Crippen molar-refractivity contribution in [3.8, 4) is 11.5 Å². The lowest BCUT2D eigenvalue weighted by Crippen LogP contribution is -2.14. The second-order valence-electron chi connectivity index (χ2n) is 5.89. The van der Waals surface area contributed by atoms with Gasteiger partial charge in [-0.15, -0.1) is 0 Å². The third-order valence-electron chi connectivity index (χ3n) is 3.98. The van der Waals surface area contributed by atoms with Crippen molar-refractivity contribution in [2.45, 2.75) is 6.42 Å². The van der Waals surface area contributed by atoms with Gasteiger partial charge in [-0.05, 0) is 51.8 Å². The number of aromatic nitrogens is 1. The van der Waals surface area contributed by atoms with Crippen LogP contribution in [0.15, 0.2) is 81.7 Å². The molecule has 0 aliphatic carbocycles. The summed E-state index contributed by atoms with van der Waals surface area (Å²) in [5, 5.41) is 2.91. The summed E-state index contributed by atoms with van der Waals surface area (Å²) in [6.45, 7) is 0. The van der Waals surface area contributed by atoms with Gasteiger partial charge in [-0.25, -0.2) is 4.98 Å². The molecule has 0 saturated heterocycles. The van der Waals surface area contributed by atoms with Crippen LogP contribution >= 0.6 is 15.9 Å². The number of anilines is 1. The average molecular weight is 407 g/mol. The number of nitrogens with zero attached hydrogens (tertiary/aromatic N) is 1. The Morgan fingerprint density at radius 3 is 2.58 bits per heavy atom. The van der Waals surface area contributed by atoms with Crippen LogP contribution in [0, 0.1) is 0 Å². The molecule has 5 heteroatoms. The minimum atomic E-state index is -0.0647. The SMILES string of the molecule is O=C(Cc1ccccc1)Nc1ccc2oc(-c3ccccc3Br)nc2c1. The number of rotatable bonds is 4. The van der Waals surface area contributed by atoms with Crippen molar-refractivity contribution >= 4 is 38.6 Å².